The van der Waals surface area contributed by atoms with E-state index in [1.54, 1.807) is 30.1 Å². The molecule has 0 aromatic carbocycles. The van der Waals surface area contributed by atoms with Gasteiger partial charge in [-0.15, -0.1) is 0 Å². The van der Waals surface area contributed by atoms with Gasteiger partial charge in [-0.3, -0.25) is 14.5 Å². The second-order valence-corrected chi connectivity index (χ2v) is 7.23. The molecule has 1 aliphatic heterocycles. The van der Waals surface area contributed by atoms with Crippen LogP contribution in [0.2, 0.25) is 0 Å². The lowest BCUT2D eigenvalue weighted by Crippen LogP contribution is -2.49. The Morgan fingerprint density at radius 1 is 1.12 bits per heavy atom. The normalized spacial score (nSPS) is 18.0. The van der Waals surface area contributed by atoms with Gasteiger partial charge in [0.15, 0.2) is 0 Å². The molecule has 1 aliphatic carbocycles. The van der Waals surface area contributed by atoms with E-state index in [1.165, 1.54) is 11.1 Å². The van der Waals surface area contributed by atoms with Crippen molar-refractivity contribution in [3.63, 3.8) is 0 Å². The average molecular weight is 341 g/mol. The molecule has 2 aromatic heterocycles. The van der Waals surface area contributed by atoms with Crippen LogP contribution < -0.4 is 11.1 Å². The van der Waals surface area contributed by atoms with Crippen LogP contribution in [0.3, 0.4) is 0 Å². The molecule has 3 heterocycles. The Morgan fingerprint density at radius 3 is 2.72 bits per heavy atom. The summed E-state index contributed by atoms with van der Waals surface area (Å²) in [5, 5.41) is 8.65. The van der Waals surface area contributed by atoms with Crippen molar-refractivity contribution in [3.05, 3.63) is 55.9 Å². The fourth-order valence-corrected chi connectivity index (χ4v) is 3.75. The quantitative estimate of drug-likeness (QED) is 0.802. The molecule has 132 valence electrons. The summed E-state index contributed by atoms with van der Waals surface area (Å²) in [6, 6.07) is 3.42. The predicted octanol–water partition coefficient (Wildman–Crippen LogP) is 0.348. The van der Waals surface area contributed by atoms with Crippen molar-refractivity contribution >= 4 is 0 Å². The van der Waals surface area contributed by atoms with Gasteiger partial charge in [0.05, 0.1) is 18.4 Å². The molecule has 25 heavy (non-hydrogen) atoms. The summed E-state index contributed by atoms with van der Waals surface area (Å²) in [6.45, 7) is 3.24. The fourth-order valence-electron chi connectivity index (χ4n) is 3.75. The maximum atomic E-state index is 12.3. The first-order chi connectivity index (χ1) is 12.1. The topological polar surface area (TPSA) is 73.0 Å². The monoisotopic (exact) mass is 341 g/mol. The Bertz CT molecular complexity index is 895. The Kier molecular flexibility index (Phi) is 4.25. The molecular weight excluding hydrogens is 318 g/mol. The highest BCUT2D eigenvalue weighted by molar-refractivity contribution is 5.20. The first-order valence-corrected chi connectivity index (χ1v) is 8.93. The van der Waals surface area contributed by atoms with Gasteiger partial charge in [-0.05, 0) is 36.8 Å². The van der Waals surface area contributed by atoms with Crippen molar-refractivity contribution in [1.29, 1.82) is 0 Å². The molecular formula is C18H23N5O2. The van der Waals surface area contributed by atoms with Crippen LogP contribution in [0.5, 0.6) is 0 Å². The molecule has 0 atom stereocenters. The summed E-state index contributed by atoms with van der Waals surface area (Å²) in [4.78, 5) is 26.1. The number of aromatic nitrogens is 4. The molecule has 0 amide bonds. The molecule has 0 bridgehead atoms. The molecule has 2 aromatic rings. The van der Waals surface area contributed by atoms with E-state index in [-0.39, 0.29) is 11.1 Å². The van der Waals surface area contributed by atoms with Crippen molar-refractivity contribution in [3.8, 4) is 0 Å². The predicted molar refractivity (Wildman–Crippen MR) is 93.4 cm³/mol. The minimum Gasteiger partial charge on any atom is -0.298 e. The second kappa shape index (κ2) is 6.55. The van der Waals surface area contributed by atoms with E-state index in [0.717, 1.165) is 55.7 Å². The molecule has 0 radical (unpaired) electrons. The molecule has 0 saturated carbocycles. The maximum Gasteiger partial charge on any atom is 0.267 e. The minimum atomic E-state index is -0.0839. The molecule has 1 fully saturated rings. The number of likely N-dealkylation sites (tertiary alicyclic amines) is 1. The van der Waals surface area contributed by atoms with Crippen LogP contribution in [-0.4, -0.2) is 37.6 Å². The van der Waals surface area contributed by atoms with Crippen LogP contribution >= 0.6 is 0 Å². The smallest absolute Gasteiger partial charge is 0.267 e. The zero-order valence-corrected chi connectivity index (χ0v) is 14.5. The van der Waals surface area contributed by atoms with E-state index in [0.29, 0.717) is 12.5 Å². The number of rotatable bonds is 4. The molecule has 0 N–H and O–H groups in total. The van der Waals surface area contributed by atoms with Gasteiger partial charge >= 0.3 is 0 Å². The van der Waals surface area contributed by atoms with Gasteiger partial charge in [0, 0.05) is 44.7 Å². The molecule has 1 saturated heterocycles. The zero-order chi connectivity index (χ0) is 17.4. The molecule has 0 spiro atoms. The van der Waals surface area contributed by atoms with Gasteiger partial charge in [-0.2, -0.15) is 10.2 Å². The van der Waals surface area contributed by atoms with Crippen LogP contribution in [0.1, 0.15) is 29.7 Å². The third-order valence-electron chi connectivity index (χ3n) is 5.17. The standard InChI is InChI=1S/C18H23N5O2/c1-21-17(24)6-13(8-19-21)9-22-10-14(11-22)12-23-18(25)7-15-4-2-3-5-16(15)20-23/h6-8,14H,2-5,9-12H2,1H3. The molecule has 7 nitrogen and oxygen atoms in total. The number of hydrogen-bond donors (Lipinski definition) is 0. The summed E-state index contributed by atoms with van der Waals surface area (Å²) in [5.41, 5.74) is 3.12. The average Bonchev–Trinajstić information content (AvgIpc) is 2.56. The van der Waals surface area contributed by atoms with E-state index >= 15 is 0 Å². The van der Waals surface area contributed by atoms with E-state index in [2.05, 4.69) is 15.1 Å². The number of aryl methyl sites for hydroxylation is 3. The molecule has 2 aliphatic rings. The summed E-state index contributed by atoms with van der Waals surface area (Å²) in [6.07, 6.45) is 6.04. The molecule has 4 rings (SSSR count). The van der Waals surface area contributed by atoms with Crippen LogP contribution in [0.25, 0.3) is 0 Å². The number of fused-ring (bicyclic) bond motifs is 1. The van der Waals surface area contributed by atoms with Crippen LogP contribution in [0, 0.1) is 5.92 Å². The van der Waals surface area contributed by atoms with Gasteiger partial charge in [-0.25, -0.2) is 9.36 Å². The lowest BCUT2D eigenvalue weighted by atomic mass is 9.96. The Balaban J connectivity index is 1.36. The van der Waals surface area contributed by atoms with Gasteiger partial charge < -0.3 is 0 Å². The highest BCUT2D eigenvalue weighted by Gasteiger charge is 2.28. The highest BCUT2D eigenvalue weighted by Crippen LogP contribution is 2.20. The van der Waals surface area contributed by atoms with E-state index in [1.807, 2.05) is 0 Å². The van der Waals surface area contributed by atoms with Gasteiger partial charge in [0.1, 0.15) is 0 Å². The lowest BCUT2D eigenvalue weighted by molar-refractivity contribution is 0.0762. The van der Waals surface area contributed by atoms with Gasteiger partial charge in [-0.1, -0.05) is 0 Å². The summed E-state index contributed by atoms with van der Waals surface area (Å²) >= 11 is 0. The number of nitrogens with zero attached hydrogens (tertiary/aromatic N) is 5. The highest BCUT2D eigenvalue weighted by atomic mass is 16.1. The first kappa shape index (κ1) is 16.2. The van der Waals surface area contributed by atoms with Crippen molar-refractivity contribution < 1.29 is 0 Å². The number of hydrogen-bond acceptors (Lipinski definition) is 5. The van der Waals surface area contributed by atoms with Crippen LogP contribution in [0.4, 0.5) is 0 Å². The van der Waals surface area contributed by atoms with Crippen molar-refractivity contribution in [2.45, 2.75) is 38.8 Å². The SMILES string of the molecule is Cn1ncc(CN2CC(Cn3nc4c(cc3=O)CCCC4)C2)cc1=O. The summed E-state index contributed by atoms with van der Waals surface area (Å²) in [5.74, 6) is 0.436. The van der Waals surface area contributed by atoms with Gasteiger partial charge in [0.2, 0.25) is 0 Å². The third kappa shape index (κ3) is 3.42. The van der Waals surface area contributed by atoms with Gasteiger partial charge in [0.25, 0.3) is 11.1 Å². The Hall–Kier alpha value is -2.28. The summed E-state index contributed by atoms with van der Waals surface area (Å²) < 4.78 is 2.97. The van der Waals surface area contributed by atoms with E-state index in [4.69, 9.17) is 0 Å². The van der Waals surface area contributed by atoms with Crippen LogP contribution in [0.15, 0.2) is 27.9 Å². The fraction of sp³-hybridized carbons (Fsp3) is 0.556. The maximum absolute atomic E-state index is 12.3. The molecule has 0 unspecified atom stereocenters. The third-order valence-corrected chi connectivity index (χ3v) is 5.17. The second-order valence-electron chi connectivity index (χ2n) is 7.23. The summed E-state index contributed by atoms with van der Waals surface area (Å²) in [7, 11) is 1.65. The molecule has 7 heteroatoms. The first-order valence-electron chi connectivity index (χ1n) is 8.93. The zero-order valence-electron chi connectivity index (χ0n) is 14.5. The largest absolute Gasteiger partial charge is 0.298 e. The van der Waals surface area contributed by atoms with Crippen LogP contribution in [-0.2, 0) is 33.0 Å². The Morgan fingerprint density at radius 2 is 1.92 bits per heavy atom. The van der Waals surface area contributed by atoms with E-state index in [9.17, 15) is 9.59 Å². The Labute approximate surface area is 145 Å². The van der Waals surface area contributed by atoms with Crippen molar-refractivity contribution in [2.24, 2.45) is 13.0 Å². The minimum absolute atomic E-state index is 0.0230. The van der Waals surface area contributed by atoms with Crippen molar-refractivity contribution in [2.75, 3.05) is 13.1 Å². The van der Waals surface area contributed by atoms with E-state index < -0.39 is 0 Å². The lowest BCUT2D eigenvalue weighted by Gasteiger charge is -2.39. The van der Waals surface area contributed by atoms with Crippen molar-refractivity contribution in [1.82, 2.24) is 24.5 Å².